The van der Waals surface area contributed by atoms with E-state index in [1.165, 1.54) is 30.5 Å². The Labute approximate surface area is 258 Å². The number of halogens is 2. The molecular weight excluding hydrogens is 561 g/mol. The van der Waals surface area contributed by atoms with Gasteiger partial charge in [-0.05, 0) is 73.8 Å². The summed E-state index contributed by atoms with van der Waals surface area (Å²) in [7, 11) is 0. The molecule has 2 aliphatic rings. The van der Waals surface area contributed by atoms with E-state index in [0.717, 1.165) is 60.8 Å². The second-order valence-electron chi connectivity index (χ2n) is 12.1. The summed E-state index contributed by atoms with van der Waals surface area (Å²) in [6, 6.07) is 21.5. The highest BCUT2D eigenvalue weighted by Crippen LogP contribution is 2.40. The lowest BCUT2D eigenvalue weighted by Crippen LogP contribution is -2.43. The van der Waals surface area contributed by atoms with E-state index in [4.69, 9.17) is 11.6 Å². The largest absolute Gasteiger partial charge is 0.348 e. The second kappa shape index (κ2) is 13.0. The van der Waals surface area contributed by atoms with E-state index in [1.54, 1.807) is 6.07 Å². The van der Waals surface area contributed by atoms with Crippen molar-refractivity contribution in [2.24, 2.45) is 5.92 Å². The Kier molecular flexibility index (Phi) is 8.96. The molecule has 0 spiro atoms. The van der Waals surface area contributed by atoms with Crippen molar-refractivity contribution in [3.05, 3.63) is 106 Å². The number of Topliss-reactive ketones (excluding diaryl/α,β-unsaturated/α-hetero) is 1. The van der Waals surface area contributed by atoms with Gasteiger partial charge in [0.1, 0.15) is 5.82 Å². The van der Waals surface area contributed by atoms with Gasteiger partial charge < -0.3 is 9.88 Å². The highest BCUT2D eigenvalue weighted by molar-refractivity contribution is 6.31. The summed E-state index contributed by atoms with van der Waals surface area (Å²) in [5.41, 5.74) is 4.73. The molecule has 1 unspecified atom stereocenters. The fourth-order valence-corrected chi connectivity index (χ4v) is 7.53. The molecule has 4 aromatic rings. The van der Waals surface area contributed by atoms with Gasteiger partial charge in [-0.15, -0.1) is 0 Å². The molecule has 2 aliphatic heterocycles. The molecule has 7 heteroatoms. The average molecular weight is 600 g/mol. The molecular formula is C36H39ClFN3O2. The number of nitrogens with one attached hydrogen (secondary N) is 1. The first kappa shape index (κ1) is 29.6. The van der Waals surface area contributed by atoms with Crippen LogP contribution in [0.2, 0.25) is 5.02 Å². The van der Waals surface area contributed by atoms with E-state index in [2.05, 4.69) is 39.9 Å². The number of ketones is 1. The zero-order chi connectivity index (χ0) is 29.9. The van der Waals surface area contributed by atoms with E-state index in [1.807, 2.05) is 36.5 Å². The third-order valence-electron chi connectivity index (χ3n) is 9.42. The molecule has 5 nitrogen and oxygen atoms in total. The van der Waals surface area contributed by atoms with Crippen molar-refractivity contribution in [2.45, 2.75) is 77.0 Å². The number of fused-ring (bicyclic) bond motifs is 3. The minimum absolute atomic E-state index is 0.00204. The lowest BCUT2D eigenvalue weighted by molar-refractivity contribution is 0.0807. The van der Waals surface area contributed by atoms with Crippen molar-refractivity contribution >= 4 is 34.2 Å². The van der Waals surface area contributed by atoms with Crippen LogP contribution < -0.4 is 5.32 Å². The molecule has 1 amide bonds. The summed E-state index contributed by atoms with van der Waals surface area (Å²) in [6.07, 6.45) is 8.84. The zero-order valence-electron chi connectivity index (χ0n) is 24.7. The number of carbonyl (C=O) groups excluding carboxylic acids is 2. The molecule has 224 valence electrons. The highest BCUT2D eigenvalue weighted by atomic mass is 35.5. The summed E-state index contributed by atoms with van der Waals surface area (Å²) < 4.78 is 15.8. The van der Waals surface area contributed by atoms with Crippen LogP contribution in [0.15, 0.2) is 72.9 Å². The quantitative estimate of drug-likeness (QED) is 0.179. The molecule has 6 rings (SSSR count). The van der Waals surface area contributed by atoms with Gasteiger partial charge in [-0.3, -0.25) is 14.5 Å². The van der Waals surface area contributed by atoms with Crippen LogP contribution in [0, 0.1) is 11.7 Å². The Morgan fingerprint density at radius 3 is 2.47 bits per heavy atom. The average Bonchev–Trinajstić information content (AvgIpc) is 3.51. The first-order valence-electron chi connectivity index (χ1n) is 15.6. The highest BCUT2D eigenvalue weighted by Gasteiger charge is 2.40. The van der Waals surface area contributed by atoms with Gasteiger partial charge >= 0.3 is 0 Å². The maximum Gasteiger partial charge on any atom is 0.253 e. The van der Waals surface area contributed by atoms with Gasteiger partial charge in [-0.1, -0.05) is 67.1 Å². The SMILES string of the molecule is CCc1cccc2c(C(=O)NCc3ccccc3)cn(CCCN3[C@@H]4CC[C@H]3CC(CC(=O)c3ccc(F)c(Cl)c3)C4)c12. The number of para-hydroxylation sites is 1. The molecule has 2 saturated heterocycles. The number of piperidine rings is 1. The van der Waals surface area contributed by atoms with Crippen LogP contribution in [0.5, 0.6) is 0 Å². The number of hydrogen-bond donors (Lipinski definition) is 1. The van der Waals surface area contributed by atoms with Crippen LogP contribution in [0.4, 0.5) is 4.39 Å². The van der Waals surface area contributed by atoms with E-state index in [0.29, 0.717) is 36.5 Å². The number of carbonyl (C=O) groups is 2. The van der Waals surface area contributed by atoms with Crippen LogP contribution in [0.1, 0.15) is 77.3 Å². The molecule has 1 aromatic heterocycles. The topological polar surface area (TPSA) is 54.3 Å². The molecule has 1 N–H and O–H groups in total. The van der Waals surface area contributed by atoms with Gasteiger partial charge in [-0.25, -0.2) is 4.39 Å². The monoisotopic (exact) mass is 599 g/mol. The Morgan fingerprint density at radius 2 is 1.74 bits per heavy atom. The number of amides is 1. The van der Waals surface area contributed by atoms with E-state index in [9.17, 15) is 14.0 Å². The standard InChI is InChI=1S/C36H39ClFN3O2/c1-2-26-10-6-11-30-31(36(43)39-22-24-8-4-3-5-9-24)23-40(35(26)30)16-7-17-41-28-13-14-29(41)19-25(18-28)20-34(42)27-12-15-33(38)32(37)21-27/h3-6,8-12,15,21,23,25,28-29H,2,7,13-14,16-20,22H2,1H3,(H,39,43)/t25?,28-,29+. The number of nitrogens with zero attached hydrogens (tertiary/aromatic N) is 2. The molecule has 2 bridgehead atoms. The van der Waals surface area contributed by atoms with Crippen LogP contribution in [-0.4, -0.2) is 39.8 Å². The summed E-state index contributed by atoms with van der Waals surface area (Å²) >= 11 is 5.92. The Balaban J connectivity index is 1.09. The fraction of sp³-hybridized carbons (Fsp3) is 0.389. The van der Waals surface area contributed by atoms with Gasteiger partial charge in [-0.2, -0.15) is 0 Å². The second-order valence-corrected chi connectivity index (χ2v) is 12.5. The molecule has 0 aliphatic carbocycles. The predicted octanol–water partition coefficient (Wildman–Crippen LogP) is 7.83. The van der Waals surface area contributed by atoms with Crippen molar-refractivity contribution in [3.63, 3.8) is 0 Å². The maximum absolute atomic E-state index is 13.6. The summed E-state index contributed by atoms with van der Waals surface area (Å²) in [5.74, 6) is -0.138. The third kappa shape index (κ3) is 6.41. The van der Waals surface area contributed by atoms with Crippen molar-refractivity contribution < 1.29 is 14.0 Å². The molecule has 43 heavy (non-hydrogen) atoms. The minimum Gasteiger partial charge on any atom is -0.348 e. The molecule has 3 heterocycles. The van der Waals surface area contributed by atoms with Crippen molar-refractivity contribution in [3.8, 4) is 0 Å². The molecule has 2 fully saturated rings. The van der Waals surface area contributed by atoms with E-state index >= 15 is 0 Å². The Hall–Kier alpha value is -3.48. The summed E-state index contributed by atoms with van der Waals surface area (Å²) in [4.78, 5) is 28.9. The van der Waals surface area contributed by atoms with Crippen LogP contribution in [0.25, 0.3) is 10.9 Å². The van der Waals surface area contributed by atoms with Gasteiger partial charge in [0.2, 0.25) is 0 Å². The Morgan fingerprint density at radius 1 is 0.977 bits per heavy atom. The van der Waals surface area contributed by atoms with Gasteiger partial charge in [0.05, 0.1) is 16.1 Å². The maximum atomic E-state index is 13.6. The first-order chi connectivity index (χ1) is 20.9. The number of aromatic nitrogens is 1. The van der Waals surface area contributed by atoms with E-state index < -0.39 is 5.82 Å². The number of rotatable bonds is 11. The van der Waals surface area contributed by atoms with Crippen molar-refractivity contribution in [1.29, 1.82) is 0 Å². The molecule has 3 atom stereocenters. The van der Waals surface area contributed by atoms with Crippen molar-refractivity contribution in [2.75, 3.05) is 6.54 Å². The van der Waals surface area contributed by atoms with E-state index in [-0.39, 0.29) is 16.7 Å². The predicted molar refractivity (Wildman–Crippen MR) is 170 cm³/mol. The Bertz CT molecular complexity index is 1600. The number of hydrogen-bond acceptors (Lipinski definition) is 3. The number of aryl methyl sites for hydroxylation is 2. The van der Waals surface area contributed by atoms with Crippen LogP contribution in [0.3, 0.4) is 0 Å². The third-order valence-corrected chi connectivity index (χ3v) is 9.71. The fourth-order valence-electron chi connectivity index (χ4n) is 7.35. The van der Waals surface area contributed by atoms with Crippen molar-refractivity contribution in [1.82, 2.24) is 14.8 Å². The van der Waals surface area contributed by atoms with Gasteiger partial charge in [0, 0.05) is 55.3 Å². The van der Waals surface area contributed by atoms with Gasteiger partial charge in [0.25, 0.3) is 5.91 Å². The summed E-state index contributed by atoms with van der Waals surface area (Å²) in [5, 5.41) is 4.13. The summed E-state index contributed by atoms with van der Waals surface area (Å²) in [6.45, 7) is 4.52. The zero-order valence-corrected chi connectivity index (χ0v) is 25.5. The smallest absolute Gasteiger partial charge is 0.253 e. The molecule has 3 aromatic carbocycles. The minimum atomic E-state index is -0.494. The van der Waals surface area contributed by atoms with Crippen LogP contribution in [-0.2, 0) is 19.5 Å². The number of benzene rings is 3. The lowest BCUT2D eigenvalue weighted by Gasteiger charge is -2.39. The van der Waals surface area contributed by atoms with Gasteiger partial charge in [0.15, 0.2) is 5.78 Å². The molecule has 0 radical (unpaired) electrons. The lowest BCUT2D eigenvalue weighted by atomic mass is 9.85. The molecule has 0 saturated carbocycles. The first-order valence-corrected chi connectivity index (χ1v) is 16.0. The normalized spacial score (nSPS) is 20.0. The van der Waals surface area contributed by atoms with Crippen LogP contribution >= 0.6 is 11.6 Å².